The van der Waals surface area contributed by atoms with Gasteiger partial charge in [0.1, 0.15) is 0 Å². The van der Waals surface area contributed by atoms with Crippen LogP contribution in [0.3, 0.4) is 0 Å². The summed E-state index contributed by atoms with van der Waals surface area (Å²) in [6.07, 6.45) is 3.40. The smallest absolute Gasteiger partial charge is 0.238 e. The lowest BCUT2D eigenvalue weighted by molar-refractivity contribution is -0.124. The van der Waals surface area contributed by atoms with Gasteiger partial charge in [0, 0.05) is 22.9 Å². The number of nitrogens with one attached hydrogen (secondary N) is 2. The Kier molecular flexibility index (Phi) is 5.94. The van der Waals surface area contributed by atoms with Crippen molar-refractivity contribution in [2.24, 2.45) is 0 Å². The number of carbonyl (C=O) groups excluding carboxylic acids is 2. The number of hydrogen-bond donors (Lipinski definition) is 2. The molecule has 1 aliphatic heterocycles. The molecule has 0 fully saturated rings. The summed E-state index contributed by atoms with van der Waals surface area (Å²) >= 11 is 7.32. The van der Waals surface area contributed by atoms with Crippen LogP contribution in [-0.4, -0.2) is 23.6 Å². The van der Waals surface area contributed by atoms with Crippen LogP contribution in [0.25, 0.3) is 0 Å². The van der Waals surface area contributed by atoms with Crippen molar-refractivity contribution in [1.82, 2.24) is 5.32 Å². The van der Waals surface area contributed by atoms with Crippen molar-refractivity contribution in [1.29, 1.82) is 0 Å². The minimum Gasteiger partial charge on any atom is -0.356 e. The van der Waals surface area contributed by atoms with Gasteiger partial charge in [-0.25, -0.2) is 0 Å². The van der Waals surface area contributed by atoms with Gasteiger partial charge < -0.3 is 10.6 Å². The lowest BCUT2D eigenvalue weighted by Crippen LogP contribution is -2.35. The number of hydrogen-bond acceptors (Lipinski definition) is 3. The van der Waals surface area contributed by atoms with E-state index in [1.54, 1.807) is 12.1 Å². The molecule has 1 atom stereocenters. The van der Waals surface area contributed by atoms with Crippen molar-refractivity contribution in [3.05, 3.63) is 23.2 Å². The second-order valence-electron chi connectivity index (χ2n) is 5.00. The number of fused-ring (bicyclic) bond motifs is 1. The maximum Gasteiger partial charge on any atom is 0.238 e. The number of benzene rings is 1. The Morgan fingerprint density at radius 2 is 2.24 bits per heavy atom. The fraction of sp³-hybridized carbons (Fsp3) is 0.467. The molecular formula is C15H19ClN2O2S. The number of halogens is 1. The first-order valence-corrected chi connectivity index (χ1v) is 8.39. The molecular weight excluding hydrogens is 308 g/mol. The Labute approximate surface area is 134 Å². The highest BCUT2D eigenvalue weighted by Gasteiger charge is 2.28. The van der Waals surface area contributed by atoms with E-state index in [-0.39, 0.29) is 23.5 Å². The van der Waals surface area contributed by atoms with Crippen LogP contribution in [-0.2, 0) is 9.59 Å². The molecule has 0 aliphatic carbocycles. The van der Waals surface area contributed by atoms with Gasteiger partial charge in [0.05, 0.1) is 10.9 Å². The van der Waals surface area contributed by atoms with Crippen LogP contribution in [0.1, 0.15) is 32.6 Å². The van der Waals surface area contributed by atoms with E-state index < -0.39 is 0 Å². The summed E-state index contributed by atoms with van der Waals surface area (Å²) in [5, 5.41) is 5.87. The minimum absolute atomic E-state index is 0.0730. The van der Waals surface area contributed by atoms with Gasteiger partial charge in [-0.1, -0.05) is 31.4 Å². The highest BCUT2D eigenvalue weighted by molar-refractivity contribution is 8.01. The Bertz CT molecular complexity index is 536. The van der Waals surface area contributed by atoms with Crippen LogP contribution in [0.15, 0.2) is 23.1 Å². The zero-order valence-corrected chi connectivity index (χ0v) is 13.5. The van der Waals surface area contributed by atoms with Crippen LogP contribution in [0.4, 0.5) is 5.69 Å². The topological polar surface area (TPSA) is 58.2 Å². The van der Waals surface area contributed by atoms with Crippen LogP contribution < -0.4 is 10.6 Å². The molecule has 2 rings (SSSR count). The lowest BCUT2D eigenvalue weighted by Gasteiger charge is -2.23. The van der Waals surface area contributed by atoms with Gasteiger partial charge in [-0.15, -0.1) is 11.8 Å². The van der Waals surface area contributed by atoms with E-state index >= 15 is 0 Å². The maximum absolute atomic E-state index is 12.0. The Morgan fingerprint density at radius 1 is 1.43 bits per heavy atom. The summed E-state index contributed by atoms with van der Waals surface area (Å²) in [5.74, 6) is -0.213. The van der Waals surface area contributed by atoms with Gasteiger partial charge >= 0.3 is 0 Å². The Hall–Kier alpha value is -1.20. The van der Waals surface area contributed by atoms with Gasteiger partial charge in [0.25, 0.3) is 0 Å². The van der Waals surface area contributed by atoms with Crippen LogP contribution >= 0.6 is 23.4 Å². The molecule has 0 saturated heterocycles. The number of anilines is 1. The molecule has 114 valence electrons. The van der Waals surface area contributed by atoms with E-state index in [1.165, 1.54) is 11.8 Å². The molecule has 0 saturated carbocycles. The third kappa shape index (κ3) is 4.64. The second-order valence-corrected chi connectivity index (χ2v) is 6.68. The quantitative estimate of drug-likeness (QED) is 0.787. The first-order chi connectivity index (χ1) is 10.1. The van der Waals surface area contributed by atoms with Crippen molar-refractivity contribution < 1.29 is 9.59 Å². The summed E-state index contributed by atoms with van der Waals surface area (Å²) in [5.41, 5.74) is 0.720. The highest BCUT2D eigenvalue weighted by atomic mass is 35.5. The molecule has 1 aromatic carbocycles. The average Bonchev–Trinajstić information content (AvgIpc) is 2.45. The van der Waals surface area contributed by atoms with E-state index in [9.17, 15) is 9.59 Å². The summed E-state index contributed by atoms with van der Waals surface area (Å²) in [4.78, 5) is 24.8. The van der Waals surface area contributed by atoms with Gasteiger partial charge in [-0.2, -0.15) is 0 Å². The fourth-order valence-corrected chi connectivity index (χ4v) is 3.36. The molecule has 4 nitrogen and oxygen atoms in total. The van der Waals surface area contributed by atoms with Crippen molar-refractivity contribution in [2.45, 2.75) is 42.8 Å². The highest BCUT2D eigenvalue weighted by Crippen LogP contribution is 2.38. The van der Waals surface area contributed by atoms with Crippen LogP contribution in [0.2, 0.25) is 5.02 Å². The van der Waals surface area contributed by atoms with Crippen molar-refractivity contribution in [3.63, 3.8) is 0 Å². The van der Waals surface area contributed by atoms with Crippen molar-refractivity contribution in [3.8, 4) is 0 Å². The molecule has 2 amide bonds. The molecule has 1 aromatic rings. The predicted octanol–water partition coefficient (Wildman–Crippen LogP) is 3.45. The van der Waals surface area contributed by atoms with E-state index in [1.807, 2.05) is 6.07 Å². The molecule has 0 bridgehead atoms. The standard InChI is InChI=1S/C15H19ClN2O2S/c1-2-3-4-7-17-14(19)9-13-15(20)18-11-8-10(16)5-6-12(11)21-13/h5-6,8,13H,2-4,7,9H2,1H3,(H,17,19)(H,18,20). The zero-order chi connectivity index (χ0) is 15.2. The van der Waals surface area contributed by atoms with E-state index in [4.69, 9.17) is 11.6 Å². The fourth-order valence-electron chi connectivity index (χ4n) is 2.10. The average molecular weight is 327 g/mol. The molecule has 2 N–H and O–H groups in total. The molecule has 0 spiro atoms. The van der Waals surface area contributed by atoms with Crippen LogP contribution in [0.5, 0.6) is 0 Å². The third-order valence-corrected chi connectivity index (χ3v) is 4.74. The van der Waals surface area contributed by atoms with Crippen molar-refractivity contribution >= 4 is 40.9 Å². The Morgan fingerprint density at radius 3 is 3.00 bits per heavy atom. The number of carbonyl (C=O) groups is 2. The normalized spacial score (nSPS) is 17.0. The SMILES string of the molecule is CCCCCNC(=O)CC1Sc2ccc(Cl)cc2NC1=O. The second kappa shape index (κ2) is 7.71. The molecule has 0 aromatic heterocycles. The number of unbranched alkanes of at least 4 members (excludes halogenated alkanes) is 2. The number of amides is 2. The summed E-state index contributed by atoms with van der Waals surface area (Å²) in [7, 11) is 0. The third-order valence-electron chi connectivity index (χ3n) is 3.23. The van der Waals surface area contributed by atoms with E-state index in [0.717, 1.165) is 29.8 Å². The largest absolute Gasteiger partial charge is 0.356 e. The zero-order valence-electron chi connectivity index (χ0n) is 11.9. The summed E-state index contributed by atoms with van der Waals surface area (Å²) in [6.45, 7) is 2.80. The number of rotatable bonds is 6. The molecule has 1 heterocycles. The predicted molar refractivity (Wildman–Crippen MR) is 86.9 cm³/mol. The van der Waals surface area contributed by atoms with Gasteiger partial charge in [-0.3, -0.25) is 9.59 Å². The summed E-state index contributed by atoms with van der Waals surface area (Å²) < 4.78 is 0. The summed E-state index contributed by atoms with van der Waals surface area (Å²) in [6, 6.07) is 5.38. The van der Waals surface area contributed by atoms with Gasteiger partial charge in [-0.05, 0) is 24.6 Å². The van der Waals surface area contributed by atoms with Gasteiger partial charge in [0.15, 0.2) is 0 Å². The first kappa shape index (κ1) is 16.2. The van der Waals surface area contributed by atoms with Gasteiger partial charge in [0.2, 0.25) is 11.8 Å². The molecule has 21 heavy (non-hydrogen) atoms. The van der Waals surface area contributed by atoms with Crippen molar-refractivity contribution in [2.75, 3.05) is 11.9 Å². The van der Waals surface area contributed by atoms with E-state index in [2.05, 4.69) is 17.6 Å². The van der Waals surface area contributed by atoms with E-state index in [0.29, 0.717) is 11.6 Å². The Balaban J connectivity index is 1.88. The maximum atomic E-state index is 12.0. The monoisotopic (exact) mass is 326 g/mol. The minimum atomic E-state index is -0.384. The molecule has 6 heteroatoms. The number of thioether (sulfide) groups is 1. The first-order valence-electron chi connectivity index (χ1n) is 7.14. The van der Waals surface area contributed by atoms with Crippen LogP contribution in [0, 0.1) is 0 Å². The molecule has 1 aliphatic rings. The molecule has 0 radical (unpaired) electrons. The lowest BCUT2D eigenvalue weighted by atomic mass is 10.2. The molecule has 1 unspecified atom stereocenters.